The van der Waals surface area contributed by atoms with E-state index in [4.69, 9.17) is 16.3 Å². The summed E-state index contributed by atoms with van der Waals surface area (Å²) in [7, 11) is -2.72. The molecule has 0 aromatic heterocycles. The molecule has 0 aliphatic carbocycles. The van der Waals surface area contributed by atoms with Gasteiger partial charge in [-0.15, -0.1) is 0 Å². The Hall–Kier alpha value is -3.56. The molecule has 2 amide bonds. The van der Waals surface area contributed by atoms with Crippen LogP contribution in [0.5, 0.6) is 5.75 Å². The fourth-order valence-corrected chi connectivity index (χ4v) is 5.57. The van der Waals surface area contributed by atoms with Crippen LogP contribution in [0.25, 0.3) is 0 Å². The molecule has 1 atom stereocenters. The van der Waals surface area contributed by atoms with Crippen LogP contribution in [0, 0.1) is 6.92 Å². The normalized spacial score (nSPS) is 12.4. The summed E-state index contributed by atoms with van der Waals surface area (Å²) in [5, 5.41) is 3.23. The molecule has 0 spiro atoms. The minimum Gasteiger partial charge on any atom is -0.497 e. The highest BCUT2D eigenvalue weighted by atomic mass is 35.5. The van der Waals surface area contributed by atoms with Gasteiger partial charge < -0.3 is 15.0 Å². The van der Waals surface area contributed by atoms with Crippen LogP contribution in [0.4, 0.5) is 5.69 Å². The average Bonchev–Trinajstić information content (AvgIpc) is 2.89. The van der Waals surface area contributed by atoms with Crippen molar-refractivity contribution < 1.29 is 22.7 Å². The molecule has 0 radical (unpaired) electrons. The monoisotopic (exact) mass is 585 g/mol. The molecule has 10 heteroatoms. The fourth-order valence-electron chi connectivity index (χ4n) is 3.98. The van der Waals surface area contributed by atoms with Gasteiger partial charge >= 0.3 is 0 Å². The highest BCUT2D eigenvalue weighted by Crippen LogP contribution is 2.28. The molecular weight excluding hydrogens is 550 g/mol. The number of nitrogens with one attached hydrogen (secondary N) is 1. The molecule has 0 aliphatic rings. The third-order valence-electron chi connectivity index (χ3n) is 6.16. The lowest BCUT2D eigenvalue weighted by atomic mass is 10.1. The van der Waals surface area contributed by atoms with Crippen LogP contribution in [0.15, 0.2) is 77.7 Å². The average molecular weight is 586 g/mol. The van der Waals surface area contributed by atoms with Crippen molar-refractivity contribution in [3.63, 3.8) is 0 Å². The first-order chi connectivity index (χ1) is 18.7. The largest absolute Gasteiger partial charge is 0.497 e. The number of sulfonamides is 1. The molecule has 0 fully saturated rings. The molecule has 1 N–H and O–H groups in total. The second-order valence-corrected chi connectivity index (χ2v) is 12.9. The maximum absolute atomic E-state index is 14.0. The number of anilines is 1. The summed E-state index contributed by atoms with van der Waals surface area (Å²) < 4.78 is 33.9. The predicted octanol–water partition coefficient (Wildman–Crippen LogP) is 5.18. The van der Waals surface area contributed by atoms with E-state index in [-0.39, 0.29) is 23.0 Å². The lowest BCUT2D eigenvalue weighted by molar-refractivity contribution is -0.140. The van der Waals surface area contributed by atoms with E-state index in [9.17, 15) is 18.0 Å². The van der Waals surface area contributed by atoms with Crippen LogP contribution >= 0.6 is 11.6 Å². The fraction of sp³-hybridized carbons (Fsp3) is 0.333. The number of hydrogen-bond donors (Lipinski definition) is 1. The Kier molecular flexibility index (Phi) is 9.87. The van der Waals surface area contributed by atoms with Crippen LogP contribution in [0.3, 0.4) is 0 Å². The van der Waals surface area contributed by atoms with Gasteiger partial charge in [0.25, 0.3) is 10.0 Å². The summed E-state index contributed by atoms with van der Waals surface area (Å²) in [6.45, 7) is 8.72. The van der Waals surface area contributed by atoms with Gasteiger partial charge in [0, 0.05) is 17.1 Å². The van der Waals surface area contributed by atoms with Gasteiger partial charge in [0.15, 0.2) is 0 Å². The molecule has 1 unspecified atom stereocenters. The first kappa shape index (κ1) is 31.0. The number of hydrogen-bond acceptors (Lipinski definition) is 5. The molecule has 3 aromatic carbocycles. The number of aryl methyl sites for hydroxylation is 1. The second kappa shape index (κ2) is 12.7. The van der Waals surface area contributed by atoms with Gasteiger partial charge in [-0.1, -0.05) is 47.5 Å². The van der Waals surface area contributed by atoms with Crippen molar-refractivity contribution in [1.82, 2.24) is 10.2 Å². The van der Waals surface area contributed by atoms with Crippen molar-refractivity contribution in [2.75, 3.05) is 18.0 Å². The second-order valence-electron chi connectivity index (χ2n) is 10.6. The number of amides is 2. The number of carbonyl (C=O) groups is 2. The smallest absolute Gasteiger partial charge is 0.264 e. The van der Waals surface area contributed by atoms with Gasteiger partial charge in [-0.05, 0) is 82.6 Å². The molecule has 3 rings (SSSR count). The Morgan fingerprint density at radius 1 is 1.00 bits per heavy atom. The van der Waals surface area contributed by atoms with Crippen LogP contribution in [0.1, 0.15) is 38.8 Å². The lowest BCUT2D eigenvalue weighted by Gasteiger charge is -2.33. The van der Waals surface area contributed by atoms with Crippen LogP contribution in [0.2, 0.25) is 5.02 Å². The minimum atomic E-state index is -4.21. The Morgan fingerprint density at radius 3 is 2.17 bits per heavy atom. The van der Waals surface area contributed by atoms with Crippen LogP contribution < -0.4 is 14.4 Å². The van der Waals surface area contributed by atoms with E-state index >= 15 is 0 Å². The molecule has 0 saturated carbocycles. The number of halogens is 1. The van der Waals surface area contributed by atoms with Crippen LogP contribution in [-0.4, -0.2) is 50.4 Å². The van der Waals surface area contributed by atoms with Crippen molar-refractivity contribution >= 4 is 39.1 Å². The van der Waals surface area contributed by atoms with Crippen molar-refractivity contribution in [2.45, 2.75) is 57.6 Å². The van der Waals surface area contributed by atoms with E-state index in [1.807, 2.05) is 52.0 Å². The SMILES string of the molecule is COc1ccc(S(=O)(=O)N(CC(=O)N(Cc2ccc(C)cc2)C(C)C(=O)NC(C)(C)C)c2cccc(Cl)c2)cc1. The van der Waals surface area contributed by atoms with E-state index in [1.165, 1.54) is 42.3 Å². The van der Waals surface area contributed by atoms with E-state index < -0.39 is 34.1 Å². The van der Waals surface area contributed by atoms with Gasteiger partial charge in [-0.3, -0.25) is 13.9 Å². The van der Waals surface area contributed by atoms with Gasteiger partial charge in [0.1, 0.15) is 18.3 Å². The van der Waals surface area contributed by atoms with Gasteiger partial charge in [-0.25, -0.2) is 8.42 Å². The number of ether oxygens (including phenoxy) is 1. The van der Waals surface area contributed by atoms with Crippen LogP contribution in [-0.2, 0) is 26.2 Å². The zero-order chi connectivity index (χ0) is 29.7. The molecule has 0 bridgehead atoms. The molecule has 0 saturated heterocycles. The first-order valence-corrected chi connectivity index (χ1v) is 14.6. The molecule has 40 heavy (non-hydrogen) atoms. The Balaban J connectivity index is 2.03. The maximum Gasteiger partial charge on any atom is 0.264 e. The highest BCUT2D eigenvalue weighted by Gasteiger charge is 2.33. The van der Waals surface area contributed by atoms with E-state index in [0.29, 0.717) is 10.8 Å². The van der Waals surface area contributed by atoms with Crippen molar-refractivity contribution in [3.05, 3.63) is 88.9 Å². The molecule has 214 valence electrons. The first-order valence-electron chi connectivity index (χ1n) is 12.8. The van der Waals surface area contributed by atoms with Crippen molar-refractivity contribution in [1.29, 1.82) is 0 Å². The molecule has 3 aromatic rings. The summed E-state index contributed by atoms with van der Waals surface area (Å²) >= 11 is 6.21. The van der Waals surface area contributed by atoms with E-state index in [0.717, 1.165) is 15.4 Å². The quantitative estimate of drug-likeness (QED) is 0.353. The number of methoxy groups -OCH3 is 1. The Labute approximate surface area is 241 Å². The van der Waals surface area contributed by atoms with E-state index in [2.05, 4.69) is 5.32 Å². The summed E-state index contributed by atoms with van der Waals surface area (Å²) in [5.74, 6) is -0.401. The highest BCUT2D eigenvalue weighted by molar-refractivity contribution is 7.92. The molecule has 0 aliphatic heterocycles. The third kappa shape index (κ3) is 7.99. The zero-order valence-electron chi connectivity index (χ0n) is 23.6. The topological polar surface area (TPSA) is 96.0 Å². The summed E-state index contributed by atoms with van der Waals surface area (Å²) in [6.07, 6.45) is 0. The Morgan fingerprint density at radius 2 is 1.62 bits per heavy atom. The Bertz CT molecular complexity index is 1440. The van der Waals surface area contributed by atoms with Gasteiger partial charge in [0.2, 0.25) is 11.8 Å². The predicted molar refractivity (Wildman–Crippen MR) is 158 cm³/mol. The van der Waals surface area contributed by atoms with E-state index in [1.54, 1.807) is 25.1 Å². The summed E-state index contributed by atoms with van der Waals surface area (Å²) in [5.41, 5.74) is 1.56. The van der Waals surface area contributed by atoms with Gasteiger partial charge in [-0.2, -0.15) is 0 Å². The standard InChI is InChI=1S/C30H36ClN3O5S/c1-21-10-12-23(13-11-21)19-33(22(2)29(36)32-30(3,4)5)28(35)20-34(25-9-7-8-24(31)18-25)40(37,38)27-16-14-26(39-6)15-17-27/h7-18,22H,19-20H2,1-6H3,(H,32,36). The minimum absolute atomic E-state index is 0.0234. The molecule has 0 heterocycles. The van der Waals surface area contributed by atoms with Gasteiger partial charge in [0.05, 0.1) is 17.7 Å². The molecule has 8 nitrogen and oxygen atoms in total. The number of nitrogens with zero attached hydrogens (tertiary/aromatic N) is 2. The van der Waals surface area contributed by atoms with Crippen molar-refractivity contribution in [2.24, 2.45) is 0 Å². The number of benzene rings is 3. The number of rotatable bonds is 10. The zero-order valence-corrected chi connectivity index (χ0v) is 25.2. The summed E-state index contributed by atoms with van der Waals surface area (Å²) in [6, 6.07) is 18.9. The maximum atomic E-state index is 14.0. The molecular formula is C30H36ClN3O5S. The number of carbonyl (C=O) groups excluding carboxylic acids is 2. The summed E-state index contributed by atoms with van der Waals surface area (Å²) in [4.78, 5) is 28.5. The van der Waals surface area contributed by atoms with Crippen molar-refractivity contribution in [3.8, 4) is 5.75 Å². The lowest BCUT2D eigenvalue weighted by Crippen LogP contribution is -2.54. The third-order valence-corrected chi connectivity index (χ3v) is 8.18.